The number of amides is 4. The van der Waals surface area contributed by atoms with Crippen LogP contribution in [0.1, 0.15) is 17.2 Å². The highest BCUT2D eigenvalue weighted by Crippen LogP contribution is 2.21. The summed E-state index contributed by atoms with van der Waals surface area (Å²) >= 11 is 0. The molecular weight excluding hydrogens is 306 g/mol. The minimum atomic E-state index is -0.745. The number of aryl methyl sites for hydroxylation is 1. The van der Waals surface area contributed by atoms with Crippen molar-refractivity contribution in [3.8, 4) is 0 Å². The molecular formula is C18H17N3O3. The molecule has 1 fully saturated rings. The van der Waals surface area contributed by atoms with Gasteiger partial charge in [0.2, 0.25) is 5.91 Å². The van der Waals surface area contributed by atoms with Crippen molar-refractivity contribution in [1.82, 2.24) is 10.2 Å². The summed E-state index contributed by atoms with van der Waals surface area (Å²) in [6, 6.07) is 15.0. The number of anilines is 1. The van der Waals surface area contributed by atoms with Crippen LogP contribution in [0.25, 0.3) is 0 Å². The van der Waals surface area contributed by atoms with Crippen LogP contribution in [0.5, 0.6) is 0 Å². The Hall–Kier alpha value is -3.15. The Morgan fingerprint density at radius 3 is 2.46 bits per heavy atom. The second-order valence-electron chi connectivity index (χ2n) is 5.58. The van der Waals surface area contributed by atoms with Gasteiger partial charge < -0.3 is 10.6 Å². The molecule has 6 heteroatoms. The van der Waals surface area contributed by atoms with Gasteiger partial charge in [-0.2, -0.15) is 0 Å². The minimum absolute atomic E-state index is 0.317. The number of hydrogen-bond donors (Lipinski definition) is 2. The van der Waals surface area contributed by atoms with Crippen molar-refractivity contribution in [1.29, 1.82) is 0 Å². The van der Waals surface area contributed by atoms with Gasteiger partial charge in [-0.1, -0.05) is 48.5 Å². The van der Waals surface area contributed by atoms with Crippen molar-refractivity contribution in [2.24, 2.45) is 0 Å². The number of benzene rings is 2. The third kappa shape index (κ3) is 3.12. The zero-order valence-electron chi connectivity index (χ0n) is 13.2. The van der Waals surface area contributed by atoms with Crippen LogP contribution < -0.4 is 10.6 Å². The molecule has 2 N–H and O–H groups in total. The van der Waals surface area contributed by atoms with E-state index in [1.807, 2.05) is 31.2 Å². The maximum Gasteiger partial charge on any atom is 0.325 e. The molecule has 2 aromatic carbocycles. The van der Waals surface area contributed by atoms with Gasteiger partial charge in [0.1, 0.15) is 12.6 Å². The smallest absolute Gasteiger partial charge is 0.324 e. The van der Waals surface area contributed by atoms with Crippen LogP contribution in [-0.2, 0) is 9.59 Å². The molecule has 1 heterocycles. The van der Waals surface area contributed by atoms with E-state index in [2.05, 4.69) is 10.6 Å². The maximum absolute atomic E-state index is 12.4. The van der Waals surface area contributed by atoms with Gasteiger partial charge in [0.25, 0.3) is 5.91 Å². The summed E-state index contributed by atoms with van der Waals surface area (Å²) in [4.78, 5) is 37.6. The first-order valence-corrected chi connectivity index (χ1v) is 7.58. The van der Waals surface area contributed by atoms with E-state index in [1.54, 1.807) is 30.3 Å². The highest BCUT2D eigenvalue weighted by Gasteiger charge is 2.39. The number of imide groups is 1. The Labute approximate surface area is 139 Å². The van der Waals surface area contributed by atoms with E-state index >= 15 is 0 Å². The molecule has 0 bridgehead atoms. The minimum Gasteiger partial charge on any atom is -0.324 e. The standard InChI is InChI=1S/C18H17N3O3/c1-12-7-5-6-10-14(12)19-15(22)11-21-17(23)16(20-18(21)24)13-8-3-2-4-9-13/h2-10,16H,11H2,1H3,(H,19,22)(H,20,24). The lowest BCUT2D eigenvalue weighted by molar-refractivity contribution is -0.130. The van der Waals surface area contributed by atoms with Gasteiger partial charge in [-0.25, -0.2) is 4.79 Å². The van der Waals surface area contributed by atoms with E-state index in [-0.39, 0.29) is 6.54 Å². The van der Waals surface area contributed by atoms with E-state index in [0.29, 0.717) is 11.3 Å². The van der Waals surface area contributed by atoms with Crippen molar-refractivity contribution in [2.45, 2.75) is 13.0 Å². The normalized spacial score (nSPS) is 16.9. The Balaban J connectivity index is 1.69. The summed E-state index contributed by atoms with van der Waals surface area (Å²) in [5, 5.41) is 5.33. The average Bonchev–Trinajstić information content (AvgIpc) is 2.86. The summed E-state index contributed by atoms with van der Waals surface area (Å²) in [5.74, 6) is -0.840. The summed E-state index contributed by atoms with van der Waals surface area (Å²) in [6.07, 6.45) is 0. The predicted octanol–water partition coefficient (Wildman–Crippen LogP) is 2.23. The number of nitrogens with zero attached hydrogens (tertiary/aromatic N) is 1. The molecule has 4 amide bonds. The number of urea groups is 1. The molecule has 24 heavy (non-hydrogen) atoms. The molecule has 1 aliphatic heterocycles. The molecule has 1 atom stereocenters. The Kier molecular flexibility index (Phi) is 4.29. The largest absolute Gasteiger partial charge is 0.325 e. The van der Waals surface area contributed by atoms with Crippen molar-refractivity contribution in [3.63, 3.8) is 0 Å². The van der Waals surface area contributed by atoms with Crippen molar-refractivity contribution in [3.05, 3.63) is 65.7 Å². The molecule has 1 saturated heterocycles. The Morgan fingerprint density at radius 1 is 1.08 bits per heavy atom. The summed E-state index contributed by atoms with van der Waals surface area (Å²) in [5.41, 5.74) is 2.26. The fourth-order valence-corrected chi connectivity index (χ4v) is 2.59. The fraction of sp³-hybridized carbons (Fsp3) is 0.167. The van der Waals surface area contributed by atoms with Gasteiger partial charge in [0.15, 0.2) is 0 Å². The van der Waals surface area contributed by atoms with Gasteiger partial charge in [-0.05, 0) is 24.1 Å². The van der Waals surface area contributed by atoms with Gasteiger partial charge >= 0.3 is 6.03 Å². The van der Waals surface area contributed by atoms with E-state index in [4.69, 9.17) is 0 Å². The number of carbonyl (C=O) groups excluding carboxylic acids is 3. The lowest BCUT2D eigenvalue weighted by atomic mass is 10.1. The number of hydrogen-bond acceptors (Lipinski definition) is 3. The fourth-order valence-electron chi connectivity index (χ4n) is 2.59. The van der Waals surface area contributed by atoms with E-state index in [0.717, 1.165) is 10.5 Å². The third-order valence-corrected chi connectivity index (χ3v) is 3.88. The molecule has 0 aliphatic carbocycles. The quantitative estimate of drug-likeness (QED) is 0.847. The van der Waals surface area contributed by atoms with Gasteiger partial charge in [0.05, 0.1) is 0 Å². The molecule has 3 rings (SSSR count). The molecule has 2 aromatic rings. The van der Waals surface area contributed by atoms with Crippen LogP contribution >= 0.6 is 0 Å². The number of carbonyl (C=O) groups is 3. The monoisotopic (exact) mass is 323 g/mol. The zero-order valence-corrected chi connectivity index (χ0v) is 13.2. The van der Waals surface area contributed by atoms with E-state index in [9.17, 15) is 14.4 Å². The maximum atomic E-state index is 12.4. The summed E-state index contributed by atoms with van der Waals surface area (Å²) in [6.45, 7) is 1.55. The van der Waals surface area contributed by atoms with Crippen LogP contribution in [0.15, 0.2) is 54.6 Å². The van der Waals surface area contributed by atoms with Gasteiger partial charge in [-0.3, -0.25) is 14.5 Å². The summed E-state index contributed by atoms with van der Waals surface area (Å²) < 4.78 is 0. The van der Waals surface area contributed by atoms with Crippen molar-refractivity contribution >= 4 is 23.5 Å². The lowest BCUT2D eigenvalue weighted by Crippen LogP contribution is -2.38. The number of rotatable bonds is 4. The zero-order chi connectivity index (χ0) is 17.1. The van der Waals surface area contributed by atoms with Crippen molar-refractivity contribution in [2.75, 3.05) is 11.9 Å². The van der Waals surface area contributed by atoms with Crippen LogP contribution in [0.4, 0.5) is 10.5 Å². The van der Waals surface area contributed by atoms with Gasteiger partial charge in [-0.15, -0.1) is 0 Å². The Bertz CT molecular complexity index is 789. The highest BCUT2D eigenvalue weighted by atomic mass is 16.2. The van der Waals surface area contributed by atoms with E-state index < -0.39 is 23.9 Å². The number of para-hydroxylation sites is 1. The van der Waals surface area contributed by atoms with Crippen LogP contribution in [0.2, 0.25) is 0 Å². The highest BCUT2D eigenvalue weighted by molar-refractivity contribution is 6.08. The summed E-state index contributed by atoms with van der Waals surface area (Å²) in [7, 11) is 0. The third-order valence-electron chi connectivity index (χ3n) is 3.88. The topological polar surface area (TPSA) is 78.5 Å². The Morgan fingerprint density at radius 2 is 1.75 bits per heavy atom. The van der Waals surface area contributed by atoms with Gasteiger partial charge in [0, 0.05) is 5.69 Å². The first-order valence-electron chi connectivity index (χ1n) is 7.58. The second-order valence-corrected chi connectivity index (χ2v) is 5.58. The van der Waals surface area contributed by atoms with Crippen LogP contribution in [-0.4, -0.2) is 29.3 Å². The molecule has 0 saturated carbocycles. The van der Waals surface area contributed by atoms with Crippen LogP contribution in [0, 0.1) is 6.92 Å². The first-order chi connectivity index (χ1) is 11.6. The average molecular weight is 323 g/mol. The molecule has 1 aliphatic rings. The first kappa shape index (κ1) is 15.7. The predicted molar refractivity (Wildman–Crippen MR) is 89.2 cm³/mol. The van der Waals surface area contributed by atoms with E-state index in [1.165, 1.54) is 0 Å². The number of nitrogens with one attached hydrogen (secondary N) is 2. The molecule has 6 nitrogen and oxygen atoms in total. The molecule has 1 unspecified atom stereocenters. The van der Waals surface area contributed by atoms with Crippen molar-refractivity contribution < 1.29 is 14.4 Å². The molecule has 0 spiro atoms. The molecule has 0 radical (unpaired) electrons. The molecule has 0 aromatic heterocycles. The SMILES string of the molecule is Cc1ccccc1NC(=O)CN1C(=O)NC(c2ccccc2)C1=O. The lowest BCUT2D eigenvalue weighted by Gasteiger charge is -2.14. The second kappa shape index (κ2) is 6.54. The van der Waals surface area contributed by atoms with Crippen LogP contribution in [0.3, 0.4) is 0 Å². The molecule has 122 valence electrons.